The zero-order chi connectivity index (χ0) is 11.3. The average Bonchev–Trinajstić information content (AvgIpc) is 2.27. The van der Waals surface area contributed by atoms with Gasteiger partial charge in [0.25, 0.3) is 0 Å². The van der Waals surface area contributed by atoms with Crippen molar-refractivity contribution in [1.29, 1.82) is 0 Å². The van der Waals surface area contributed by atoms with Gasteiger partial charge in [-0.25, -0.2) is 0 Å². The summed E-state index contributed by atoms with van der Waals surface area (Å²) in [5, 5.41) is 6.30. The first-order valence-corrected chi connectivity index (χ1v) is 6.06. The van der Waals surface area contributed by atoms with Gasteiger partial charge in [-0.15, -0.1) is 0 Å². The number of amides is 1. The van der Waals surface area contributed by atoms with Crippen LogP contribution in [0.5, 0.6) is 0 Å². The average molecular weight is 212 g/mol. The molecule has 1 rings (SSSR count). The zero-order valence-electron chi connectivity index (χ0n) is 10.2. The topological polar surface area (TPSA) is 41.1 Å². The molecule has 2 N–H and O–H groups in total. The summed E-state index contributed by atoms with van der Waals surface area (Å²) in [6.07, 6.45) is 4.44. The van der Waals surface area contributed by atoms with Crippen molar-refractivity contribution in [2.75, 3.05) is 13.1 Å². The number of hydrogen-bond donors (Lipinski definition) is 2. The van der Waals surface area contributed by atoms with Gasteiger partial charge in [-0.3, -0.25) is 4.79 Å². The summed E-state index contributed by atoms with van der Waals surface area (Å²) < 4.78 is 0. The minimum atomic E-state index is 0.0476. The van der Waals surface area contributed by atoms with E-state index in [-0.39, 0.29) is 17.4 Å². The first kappa shape index (κ1) is 12.5. The molecular weight excluding hydrogens is 188 g/mol. The second-order valence-electron chi connectivity index (χ2n) is 5.24. The predicted octanol–water partition coefficient (Wildman–Crippen LogP) is 1.68. The Morgan fingerprint density at radius 3 is 2.73 bits per heavy atom. The van der Waals surface area contributed by atoms with Crippen molar-refractivity contribution in [3.8, 4) is 0 Å². The molecule has 3 nitrogen and oxygen atoms in total. The first-order chi connectivity index (χ1) is 7.05. The third-order valence-corrected chi connectivity index (χ3v) is 3.33. The second kappa shape index (κ2) is 5.50. The largest absolute Gasteiger partial charge is 0.354 e. The van der Waals surface area contributed by atoms with E-state index in [1.807, 2.05) is 0 Å². The van der Waals surface area contributed by atoms with Gasteiger partial charge in [0.05, 0.1) is 6.04 Å². The molecule has 0 aromatic heterocycles. The molecule has 1 saturated heterocycles. The highest BCUT2D eigenvalue weighted by Crippen LogP contribution is 2.18. The van der Waals surface area contributed by atoms with Crippen molar-refractivity contribution in [2.45, 2.75) is 52.5 Å². The summed E-state index contributed by atoms with van der Waals surface area (Å²) in [5.74, 6) is 0.177. The van der Waals surface area contributed by atoms with Gasteiger partial charge in [0.15, 0.2) is 0 Å². The molecule has 0 radical (unpaired) electrons. The minimum absolute atomic E-state index is 0.0476. The van der Waals surface area contributed by atoms with E-state index in [0.29, 0.717) is 0 Å². The van der Waals surface area contributed by atoms with Crippen molar-refractivity contribution in [3.05, 3.63) is 0 Å². The van der Waals surface area contributed by atoms with Gasteiger partial charge in [-0.05, 0) is 31.2 Å². The van der Waals surface area contributed by atoms with Crippen LogP contribution in [0.3, 0.4) is 0 Å². The van der Waals surface area contributed by atoms with Crippen LogP contribution in [-0.4, -0.2) is 25.0 Å². The highest BCUT2D eigenvalue weighted by Gasteiger charge is 2.22. The summed E-state index contributed by atoms with van der Waals surface area (Å²) in [6, 6.07) is 0.0476. The monoisotopic (exact) mass is 212 g/mol. The Morgan fingerprint density at radius 1 is 1.47 bits per heavy atom. The van der Waals surface area contributed by atoms with Crippen LogP contribution in [-0.2, 0) is 4.79 Å². The fourth-order valence-electron chi connectivity index (χ4n) is 1.65. The maximum Gasteiger partial charge on any atom is 0.237 e. The van der Waals surface area contributed by atoms with Crippen LogP contribution in [0.1, 0.15) is 46.5 Å². The van der Waals surface area contributed by atoms with E-state index in [4.69, 9.17) is 0 Å². The van der Waals surface area contributed by atoms with E-state index in [1.54, 1.807) is 0 Å². The number of rotatable bonds is 4. The summed E-state index contributed by atoms with van der Waals surface area (Å²) in [6.45, 7) is 8.28. The van der Waals surface area contributed by atoms with Crippen LogP contribution in [0.25, 0.3) is 0 Å². The molecule has 0 aromatic rings. The molecular formula is C12H24N2O. The molecule has 1 atom stereocenters. The molecule has 0 aliphatic carbocycles. The fourth-order valence-corrected chi connectivity index (χ4v) is 1.65. The van der Waals surface area contributed by atoms with E-state index in [2.05, 4.69) is 31.4 Å². The maximum absolute atomic E-state index is 11.8. The van der Waals surface area contributed by atoms with Gasteiger partial charge in [-0.2, -0.15) is 0 Å². The molecule has 88 valence electrons. The van der Waals surface area contributed by atoms with Crippen molar-refractivity contribution >= 4 is 5.91 Å². The number of piperidine rings is 1. The molecule has 1 aliphatic rings. The van der Waals surface area contributed by atoms with E-state index >= 15 is 0 Å². The highest BCUT2D eigenvalue weighted by atomic mass is 16.2. The predicted molar refractivity (Wildman–Crippen MR) is 62.7 cm³/mol. The molecule has 1 fully saturated rings. The third kappa shape index (κ3) is 4.20. The number of hydrogen-bond acceptors (Lipinski definition) is 2. The highest BCUT2D eigenvalue weighted by molar-refractivity contribution is 5.81. The van der Waals surface area contributed by atoms with Crippen LogP contribution in [0.2, 0.25) is 0 Å². The lowest BCUT2D eigenvalue weighted by Gasteiger charge is -2.27. The van der Waals surface area contributed by atoms with Crippen LogP contribution in [0.4, 0.5) is 0 Å². The standard InChI is InChI=1S/C12H24N2O/c1-4-12(2,3)9-14-11(15)10-7-5-6-8-13-10/h10,13H,4-9H2,1-3H3,(H,14,15). The molecule has 1 unspecified atom stereocenters. The Kier molecular flexibility index (Phi) is 4.58. The zero-order valence-corrected chi connectivity index (χ0v) is 10.2. The van der Waals surface area contributed by atoms with Crippen LogP contribution < -0.4 is 10.6 Å². The van der Waals surface area contributed by atoms with Crippen molar-refractivity contribution < 1.29 is 4.79 Å². The van der Waals surface area contributed by atoms with Gasteiger partial charge < -0.3 is 10.6 Å². The normalized spacial score (nSPS) is 22.5. The van der Waals surface area contributed by atoms with E-state index in [0.717, 1.165) is 25.9 Å². The Labute approximate surface area is 93.0 Å². The SMILES string of the molecule is CCC(C)(C)CNC(=O)C1CCCCN1. The van der Waals surface area contributed by atoms with Gasteiger partial charge in [-0.1, -0.05) is 27.2 Å². The molecule has 1 heterocycles. The van der Waals surface area contributed by atoms with Crippen molar-refractivity contribution in [1.82, 2.24) is 10.6 Å². The van der Waals surface area contributed by atoms with Gasteiger partial charge in [0.1, 0.15) is 0 Å². The Morgan fingerprint density at radius 2 is 2.20 bits per heavy atom. The summed E-state index contributed by atoms with van der Waals surface area (Å²) in [7, 11) is 0. The number of carbonyl (C=O) groups is 1. The minimum Gasteiger partial charge on any atom is -0.354 e. The smallest absolute Gasteiger partial charge is 0.237 e. The summed E-state index contributed by atoms with van der Waals surface area (Å²) >= 11 is 0. The number of carbonyl (C=O) groups excluding carboxylic acids is 1. The van der Waals surface area contributed by atoms with Gasteiger partial charge in [0, 0.05) is 6.54 Å². The molecule has 1 amide bonds. The van der Waals surface area contributed by atoms with Crippen molar-refractivity contribution in [2.24, 2.45) is 5.41 Å². The van der Waals surface area contributed by atoms with Crippen LogP contribution in [0.15, 0.2) is 0 Å². The molecule has 0 aromatic carbocycles. The lowest BCUT2D eigenvalue weighted by Crippen LogP contribution is -2.48. The molecule has 1 aliphatic heterocycles. The number of nitrogens with one attached hydrogen (secondary N) is 2. The third-order valence-electron chi connectivity index (χ3n) is 3.33. The Bertz CT molecular complexity index is 208. The molecule has 0 spiro atoms. The lowest BCUT2D eigenvalue weighted by molar-refractivity contribution is -0.124. The second-order valence-corrected chi connectivity index (χ2v) is 5.24. The van der Waals surface area contributed by atoms with E-state index < -0.39 is 0 Å². The molecule has 0 bridgehead atoms. The van der Waals surface area contributed by atoms with Gasteiger partial charge >= 0.3 is 0 Å². The first-order valence-electron chi connectivity index (χ1n) is 6.06. The molecule has 3 heteroatoms. The fraction of sp³-hybridized carbons (Fsp3) is 0.917. The van der Waals surface area contributed by atoms with E-state index in [1.165, 1.54) is 12.8 Å². The van der Waals surface area contributed by atoms with Crippen LogP contribution >= 0.6 is 0 Å². The summed E-state index contributed by atoms with van der Waals surface area (Å²) in [4.78, 5) is 11.8. The summed E-state index contributed by atoms with van der Waals surface area (Å²) in [5.41, 5.74) is 0.213. The quantitative estimate of drug-likeness (QED) is 0.744. The van der Waals surface area contributed by atoms with E-state index in [9.17, 15) is 4.79 Å². The maximum atomic E-state index is 11.8. The molecule has 0 saturated carbocycles. The molecule has 15 heavy (non-hydrogen) atoms. The van der Waals surface area contributed by atoms with Crippen LogP contribution in [0, 0.1) is 5.41 Å². The lowest BCUT2D eigenvalue weighted by atomic mass is 9.90. The van der Waals surface area contributed by atoms with Crippen molar-refractivity contribution in [3.63, 3.8) is 0 Å². The Balaban J connectivity index is 2.28. The Hall–Kier alpha value is -0.570. The van der Waals surface area contributed by atoms with Gasteiger partial charge in [0.2, 0.25) is 5.91 Å².